The lowest BCUT2D eigenvalue weighted by Gasteiger charge is -2.35. The molecule has 1 aromatic carbocycles. The molecule has 0 spiro atoms. The van der Waals surface area contributed by atoms with Gasteiger partial charge in [0.05, 0.1) is 0 Å². The van der Waals surface area contributed by atoms with E-state index >= 15 is 0 Å². The molecule has 1 saturated carbocycles. The Morgan fingerprint density at radius 2 is 1.80 bits per heavy atom. The van der Waals surface area contributed by atoms with Crippen LogP contribution in [0.4, 0.5) is 0 Å². The molecule has 0 unspecified atom stereocenters. The van der Waals surface area contributed by atoms with Crippen molar-refractivity contribution < 1.29 is 9.59 Å². The summed E-state index contributed by atoms with van der Waals surface area (Å²) in [4.78, 5) is 28.1. The monoisotopic (exact) mass is 454 g/mol. The van der Waals surface area contributed by atoms with Crippen LogP contribution in [0.1, 0.15) is 83.2 Å². The highest BCUT2D eigenvalue weighted by molar-refractivity contribution is 6.30. The molecule has 2 atom stereocenters. The Labute approximate surface area is 191 Å². The molecular weight excluding hydrogens is 419 g/mol. The van der Waals surface area contributed by atoms with E-state index in [0.29, 0.717) is 17.5 Å². The summed E-state index contributed by atoms with van der Waals surface area (Å²) in [7, 11) is 0. The average molecular weight is 455 g/mol. The Morgan fingerprint density at radius 1 is 1.13 bits per heavy atom. The molecule has 4 nitrogen and oxygen atoms in total. The lowest BCUT2D eigenvalue weighted by atomic mass is 9.94. The van der Waals surface area contributed by atoms with Gasteiger partial charge in [0.15, 0.2) is 0 Å². The van der Waals surface area contributed by atoms with Crippen LogP contribution in [0.2, 0.25) is 5.02 Å². The van der Waals surface area contributed by atoms with E-state index in [9.17, 15) is 9.59 Å². The van der Waals surface area contributed by atoms with Crippen molar-refractivity contribution in [2.45, 2.75) is 83.7 Å². The highest BCUT2D eigenvalue weighted by Crippen LogP contribution is 2.28. The first-order chi connectivity index (χ1) is 14.5. The van der Waals surface area contributed by atoms with Crippen LogP contribution in [0.5, 0.6) is 0 Å². The quantitative estimate of drug-likeness (QED) is 0.409. The summed E-state index contributed by atoms with van der Waals surface area (Å²) in [6, 6.07) is 6.72. The molecule has 0 saturated heterocycles. The summed E-state index contributed by atoms with van der Waals surface area (Å²) in [6.07, 6.45) is 9.71. The van der Waals surface area contributed by atoms with Gasteiger partial charge < -0.3 is 10.2 Å². The number of rotatable bonds is 11. The molecule has 1 N–H and O–H groups in total. The molecule has 0 aliphatic heterocycles. The Morgan fingerprint density at radius 3 is 2.37 bits per heavy atom. The average Bonchev–Trinajstić information content (AvgIpc) is 2.77. The lowest BCUT2D eigenvalue weighted by molar-refractivity contribution is -0.140. The largest absolute Gasteiger partial charge is 0.351 e. The number of carbonyl (C=O) groups excluding carboxylic acids is 2. The van der Waals surface area contributed by atoms with E-state index in [4.69, 9.17) is 23.2 Å². The summed E-state index contributed by atoms with van der Waals surface area (Å²) in [5.74, 6) is -0.113. The van der Waals surface area contributed by atoms with Crippen molar-refractivity contribution in [2.75, 3.05) is 12.4 Å². The first-order valence-corrected chi connectivity index (χ1v) is 12.3. The fourth-order valence-corrected chi connectivity index (χ4v) is 4.55. The Kier molecular flexibility index (Phi) is 11.0. The second-order valence-electron chi connectivity index (χ2n) is 8.39. The van der Waals surface area contributed by atoms with Gasteiger partial charge in [0, 0.05) is 17.6 Å². The van der Waals surface area contributed by atoms with Crippen molar-refractivity contribution in [1.82, 2.24) is 10.2 Å². The van der Waals surface area contributed by atoms with Gasteiger partial charge >= 0.3 is 0 Å². The first-order valence-electron chi connectivity index (χ1n) is 11.4. The summed E-state index contributed by atoms with van der Waals surface area (Å²) in [6.45, 7) is 4.85. The predicted molar refractivity (Wildman–Crippen MR) is 125 cm³/mol. The smallest absolute Gasteiger partial charge is 0.247 e. The van der Waals surface area contributed by atoms with Gasteiger partial charge in [0.2, 0.25) is 11.8 Å². The third-order valence-corrected chi connectivity index (χ3v) is 6.61. The van der Waals surface area contributed by atoms with E-state index < -0.39 is 6.04 Å². The summed E-state index contributed by atoms with van der Waals surface area (Å²) in [5.41, 5.74) is 0.775. The van der Waals surface area contributed by atoms with Crippen molar-refractivity contribution in [3.05, 3.63) is 34.9 Å². The highest BCUT2D eigenvalue weighted by atomic mass is 35.5. The van der Waals surface area contributed by atoms with Gasteiger partial charge in [-0.25, -0.2) is 0 Å². The number of nitrogens with zero attached hydrogens (tertiary/aromatic N) is 1. The maximum Gasteiger partial charge on any atom is 0.247 e. The predicted octanol–water partition coefficient (Wildman–Crippen LogP) is 6.11. The SMILES string of the molecule is CCCC[C@@H](CC)CN(C(=O)CCl)[C@H](C(=O)NC1CCCCC1)c1ccc(Cl)cc1. The van der Waals surface area contributed by atoms with Crippen LogP contribution in [-0.2, 0) is 9.59 Å². The second kappa shape index (κ2) is 13.2. The third kappa shape index (κ3) is 7.46. The minimum Gasteiger partial charge on any atom is -0.351 e. The highest BCUT2D eigenvalue weighted by Gasteiger charge is 2.33. The second-order valence-corrected chi connectivity index (χ2v) is 9.10. The third-order valence-electron chi connectivity index (χ3n) is 6.13. The molecule has 30 heavy (non-hydrogen) atoms. The Bertz CT molecular complexity index is 660. The van der Waals surface area contributed by atoms with Crippen LogP contribution in [0.25, 0.3) is 0 Å². The minimum atomic E-state index is -0.689. The molecular formula is C24H36Cl2N2O2. The zero-order valence-electron chi connectivity index (χ0n) is 18.3. The van der Waals surface area contributed by atoms with E-state index in [-0.39, 0.29) is 23.7 Å². The molecule has 1 aliphatic carbocycles. The summed E-state index contributed by atoms with van der Waals surface area (Å²) < 4.78 is 0. The van der Waals surface area contributed by atoms with Crippen LogP contribution in [0.3, 0.4) is 0 Å². The van der Waals surface area contributed by atoms with Crippen LogP contribution < -0.4 is 5.32 Å². The Balaban J connectivity index is 2.31. The maximum atomic E-state index is 13.5. The molecule has 0 heterocycles. The fourth-order valence-electron chi connectivity index (χ4n) is 4.27. The molecule has 6 heteroatoms. The molecule has 1 aromatic rings. The number of amides is 2. The topological polar surface area (TPSA) is 49.4 Å². The van der Waals surface area contributed by atoms with Gasteiger partial charge in [-0.05, 0) is 42.9 Å². The normalized spacial score (nSPS) is 16.7. The van der Waals surface area contributed by atoms with Crippen LogP contribution in [-0.4, -0.2) is 35.2 Å². The van der Waals surface area contributed by atoms with Gasteiger partial charge in [-0.15, -0.1) is 11.6 Å². The summed E-state index contributed by atoms with van der Waals surface area (Å²) in [5, 5.41) is 3.82. The van der Waals surface area contributed by atoms with Crippen LogP contribution in [0, 0.1) is 5.92 Å². The van der Waals surface area contributed by atoms with Crippen molar-refractivity contribution >= 4 is 35.0 Å². The van der Waals surface area contributed by atoms with E-state index in [1.165, 1.54) is 6.42 Å². The molecule has 0 radical (unpaired) electrons. The number of nitrogens with one attached hydrogen (secondary N) is 1. The van der Waals surface area contributed by atoms with E-state index in [1.54, 1.807) is 17.0 Å². The Hall–Kier alpha value is -1.26. The molecule has 168 valence electrons. The van der Waals surface area contributed by atoms with E-state index in [1.807, 2.05) is 12.1 Å². The van der Waals surface area contributed by atoms with Gasteiger partial charge in [-0.3, -0.25) is 9.59 Å². The van der Waals surface area contributed by atoms with Crippen molar-refractivity contribution in [3.8, 4) is 0 Å². The van der Waals surface area contributed by atoms with Crippen molar-refractivity contribution in [2.24, 2.45) is 5.92 Å². The minimum absolute atomic E-state index is 0.118. The number of benzene rings is 1. The lowest BCUT2D eigenvalue weighted by Crippen LogP contribution is -2.48. The number of unbranched alkanes of at least 4 members (excludes halogenated alkanes) is 1. The number of halogens is 2. The molecule has 1 aliphatic rings. The maximum absolute atomic E-state index is 13.5. The zero-order valence-corrected chi connectivity index (χ0v) is 19.9. The number of alkyl halides is 1. The van der Waals surface area contributed by atoms with Crippen LogP contribution in [0.15, 0.2) is 24.3 Å². The van der Waals surface area contributed by atoms with Crippen molar-refractivity contribution in [3.63, 3.8) is 0 Å². The number of carbonyl (C=O) groups is 2. The van der Waals surface area contributed by atoms with Crippen molar-refractivity contribution in [1.29, 1.82) is 0 Å². The van der Waals surface area contributed by atoms with E-state index in [0.717, 1.165) is 56.9 Å². The first kappa shape index (κ1) is 25.0. The number of hydrogen-bond acceptors (Lipinski definition) is 2. The number of hydrogen-bond donors (Lipinski definition) is 1. The molecule has 0 aromatic heterocycles. The van der Waals surface area contributed by atoms with Crippen LogP contribution >= 0.6 is 23.2 Å². The van der Waals surface area contributed by atoms with Gasteiger partial charge in [0.1, 0.15) is 11.9 Å². The summed E-state index contributed by atoms with van der Waals surface area (Å²) >= 11 is 12.1. The van der Waals surface area contributed by atoms with Gasteiger partial charge in [0.25, 0.3) is 0 Å². The zero-order chi connectivity index (χ0) is 21.9. The molecule has 1 fully saturated rings. The molecule has 0 bridgehead atoms. The molecule has 2 amide bonds. The van der Waals surface area contributed by atoms with Gasteiger partial charge in [-0.2, -0.15) is 0 Å². The van der Waals surface area contributed by atoms with Gasteiger partial charge in [-0.1, -0.05) is 76.1 Å². The van der Waals surface area contributed by atoms with E-state index in [2.05, 4.69) is 19.2 Å². The fraction of sp³-hybridized carbons (Fsp3) is 0.667. The standard InChI is InChI=1S/C24H36Cl2N2O2/c1-3-5-9-18(4-2)17-28(22(29)16-25)23(19-12-14-20(26)15-13-19)24(30)27-21-10-7-6-8-11-21/h12-15,18,21,23H,3-11,16-17H2,1-2H3,(H,27,30)/t18-,23+/m1/s1. The molecule has 2 rings (SSSR count).